The Balaban J connectivity index is 1.77. The highest BCUT2D eigenvalue weighted by Gasteiger charge is 2.28. The molecule has 110 valence electrons. The SMILES string of the molecule is CCCC(CNC1CC1)N1CC(C)Cc2ccccc21. The van der Waals surface area contributed by atoms with E-state index in [0.717, 1.165) is 18.5 Å². The number of fused-ring (bicyclic) bond motifs is 1. The highest BCUT2D eigenvalue weighted by atomic mass is 15.2. The van der Waals surface area contributed by atoms with Gasteiger partial charge in [0.1, 0.15) is 0 Å². The van der Waals surface area contributed by atoms with Gasteiger partial charge < -0.3 is 10.2 Å². The van der Waals surface area contributed by atoms with Gasteiger partial charge in [-0.25, -0.2) is 0 Å². The third-order valence-electron chi connectivity index (χ3n) is 4.66. The molecule has 2 aliphatic rings. The van der Waals surface area contributed by atoms with E-state index < -0.39 is 0 Å². The van der Waals surface area contributed by atoms with Crippen molar-refractivity contribution in [3.63, 3.8) is 0 Å². The van der Waals surface area contributed by atoms with Crippen LogP contribution in [0.15, 0.2) is 24.3 Å². The van der Waals surface area contributed by atoms with Crippen molar-refractivity contribution in [1.29, 1.82) is 0 Å². The van der Waals surface area contributed by atoms with Crippen LogP contribution in [0.1, 0.15) is 45.1 Å². The molecule has 0 bridgehead atoms. The number of rotatable bonds is 6. The molecule has 0 radical (unpaired) electrons. The van der Waals surface area contributed by atoms with Crippen molar-refractivity contribution in [2.75, 3.05) is 18.0 Å². The van der Waals surface area contributed by atoms with E-state index in [1.54, 1.807) is 5.56 Å². The fourth-order valence-electron chi connectivity index (χ4n) is 3.47. The topological polar surface area (TPSA) is 15.3 Å². The average molecular weight is 272 g/mol. The zero-order chi connectivity index (χ0) is 13.9. The first-order valence-electron chi connectivity index (χ1n) is 8.36. The van der Waals surface area contributed by atoms with E-state index in [1.165, 1.54) is 44.3 Å². The third kappa shape index (κ3) is 3.17. The Labute approximate surface area is 123 Å². The lowest BCUT2D eigenvalue weighted by molar-refractivity contribution is 0.441. The number of nitrogens with one attached hydrogen (secondary N) is 1. The number of benzene rings is 1. The predicted molar refractivity (Wildman–Crippen MR) is 86.4 cm³/mol. The van der Waals surface area contributed by atoms with E-state index >= 15 is 0 Å². The standard InChI is InChI=1S/C18H28N2/c1-3-6-17(12-19-16-9-10-16)20-13-14(2)11-15-7-4-5-8-18(15)20/h4-5,7-8,14,16-17,19H,3,6,9-13H2,1-2H3. The highest BCUT2D eigenvalue weighted by Crippen LogP contribution is 2.32. The predicted octanol–water partition coefficient (Wildman–Crippen LogP) is 3.61. The van der Waals surface area contributed by atoms with Crippen molar-refractivity contribution < 1.29 is 0 Å². The van der Waals surface area contributed by atoms with Crippen molar-refractivity contribution in [2.24, 2.45) is 5.92 Å². The van der Waals surface area contributed by atoms with Crippen LogP contribution < -0.4 is 10.2 Å². The van der Waals surface area contributed by atoms with Gasteiger partial charge in [0.2, 0.25) is 0 Å². The van der Waals surface area contributed by atoms with Crippen LogP contribution in [0.3, 0.4) is 0 Å². The first-order valence-corrected chi connectivity index (χ1v) is 8.36. The smallest absolute Gasteiger partial charge is 0.0414 e. The zero-order valence-corrected chi connectivity index (χ0v) is 12.9. The van der Waals surface area contributed by atoms with Gasteiger partial charge in [0.05, 0.1) is 0 Å². The first kappa shape index (κ1) is 13.9. The van der Waals surface area contributed by atoms with Crippen molar-refractivity contribution in [3.8, 4) is 0 Å². The van der Waals surface area contributed by atoms with Crippen molar-refractivity contribution in [3.05, 3.63) is 29.8 Å². The molecule has 20 heavy (non-hydrogen) atoms. The fourth-order valence-corrected chi connectivity index (χ4v) is 3.47. The minimum Gasteiger partial charge on any atom is -0.367 e. The van der Waals surface area contributed by atoms with E-state index in [4.69, 9.17) is 0 Å². The maximum atomic E-state index is 3.74. The normalized spacial score (nSPS) is 23.5. The first-order chi connectivity index (χ1) is 9.78. The monoisotopic (exact) mass is 272 g/mol. The fraction of sp³-hybridized carbons (Fsp3) is 0.667. The van der Waals surface area contributed by atoms with Gasteiger partial charge in [-0.1, -0.05) is 38.5 Å². The van der Waals surface area contributed by atoms with Gasteiger partial charge in [0.15, 0.2) is 0 Å². The summed E-state index contributed by atoms with van der Waals surface area (Å²) in [5, 5.41) is 3.74. The summed E-state index contributed by atoms with van der Waals surface area (Å²) >= 11 is 0. The molecule has 0 spiro atoms. The molecule has 1 saturated carbocycles. The lowest BCUT2D eigenvalue weighted by atomic mass is 9.92. The quantitative estimate of drug-likeness (QED) is 0.851. The largest absolute Gasteiger partial charge is 0.367 e. The minimum atomic E-state index is 0.657. The summed E-state index contributed by atoms with van der Waals surface area (Å²) in [6.07, 6.45) is 6.56. The second-order valence-corrected chi connectivity index (χ2v) is 6.72. The van der Waals surface area contributed by atoms with Crippen LogP contribution in [0.25, 0.3) is 0 Å². The molecule has 1 aromatic rings. The van der Waals surface area contributed by atoms with Crippen LogP contribution in [0.2, 0.25) is 0 Å². The lowest BCUT2D eigenvalue weighted by Gasteiger charge is -2.40. The number of nitrogens with zero attached hydrogens (tertiary/aromatic N) is 1. The molecule has 1 aromatic carbocycles. The molecule has 2 atom stereocenters. The number of hydrogen-bond donors (Lipinski definition) is 1. The van der Waals surface area contributed by atoms with Crippen LogP contribution in [-0.4, -0.2) is 25.2 Å². The van der Waals surface area contributed by atoms with E-state index in [-0.39, 0.29) is 0 Å². The van der Waals surface area contributed by atoms with Gasteiger partial charge >= 0.3 is 0 Å². The number of anilines is 1. The van der Waals surface area contributed by atoms with Gasteiger partial charge in [-0.2, -0.15) is 0 Å². The maximum Gasteiger partial charge on any atom is 0.0414 e. The van der Waals surface area contributed by atoms with Crippen LogP contribution >= 0.6 is 0 Å². The number of para-hydroxylation sites is 1. The Morgan fingerprint density at radius 3 is 2.85 bits per heavy atom. The van der Waals surface area contributed by atoms with Gasteiger partial charge in [-0.15, -0.1) is 0 Å². The summed E-state index contributed by atoms with van der Waals surface area (Å²) in [5.74, 6) is 0.769. The van der Waals surface area contributed by atoms with E-state index in [9.17, 15) is 0 Å². The highest BCUT2D eigenvalue weighted by molar-refractivity contribution is 5.56. The molecule has 2 nitrogen and oxygen atoms in total. The van der Waals surface area contributed by atoms with Gasteiger partial charge in [0, 0.05) is 30.9 Å². The minimum absolute atomic E-state index is 0.657. The molecule has 1 fully saturated rings. The molecular formula is C18H28N2. The molecule has 0 aromatic heterocycles. The summed E-state index contributed by atoms with van der Waals surface area (Å²) in [6, 6.07) is 10.5. The molecule has 1 aliphatic heterocycles. The maximum absolute atomic E-state index is 3.74. The summed E-state index contributed by atoms with van der Waals surface area (Å²) < 4.78 is 0. The molecule has 1 heterocycles. The van der Waals surface area contributed by atoms with Crippen molar-refractivity contribution in [1.82, 2.24) is 5.32 Å². The Bertz CT molecular complexity index is 439. The molecule has 2 unspecified atom stereocenters. The van der Waals surface area contributed by atoms with E-state index in [0.29, 0.717) is 6.04 Å². The van der Waals surface area contributed by atoms with Crippen molar-refractivity contribution in [2.45, 2.75) is 58.0 Å². The Morgan fingerprint density at radius 1 is 1.30 bits per heavy atom. The second kappa shape index (κ2) is 6.17. The summed E-state index contributed by atoms with van der Waals surface area (Å²) in [5.41, 5.74) is 3.03. The molecule has 1 N–H and O–H groups in total. The van der Waals surface area contributed by atoms with Crippen LogP contribution in [-0.2, 0) is 6.42 Å². The van der Waals surface area contributed by atoms with Crippen LogP contribution in [0, 0.1) is 5.92 Å². The summed E-state index contributed by atoms with van der Waals surface area (Å²) in [7, 11) is 0. The third-order valence-corrected chi connectivity index (χ3v) is 4.66. The molecule has 1 aliphatic carbocycles. The lowest BCUT2D eigenvalue weighted by Crippen LogP contribution is -2.47. The second-order valence-electron chi connectivity index (χ2n) is 6.72. The Hall–Kier alpha value is -1.02. The van der Waals surface area contributed by atoms with Gasteiger partial charge in [-0.05, 0) is 43.2 Å². The van der Waals surface area contributed by atoms with Gasteiger partial charge in [0.25, 0.3) is 0 Å². The van der Waals surface area contributed by atoms with E-state index in [1.807, 2.05) is 0 Å². The van der Waals surface area contributed by atoms with Gasteiger partial charge in [-0.3, -0.25) is 0 Å². The molecule has 2 heteroatoms. The van der Waals surface area contributed by atoms with Crippen LogP contribution in [0.5, 0.6) is 0 Å². The molecule has 0 amide bonds. The van der Waals surface area contributed by atoms with Crippen molar-refractivity contribution >= 4 is 5.69 Å². The Kier molecular flexibility index (Phi) is 4.30. The van der Waals surface area contributed by atoms with Crippen LogP contribution in [0.4, 0.5) is 5.69 Å². The van der Waals surface area contributed by atoms with E-state index in [2.05, 4.69) is 48.3 Å². The molecule has 3 rings (SSSR count). The Morgan fingerprint density at radius 2 is 2.10 bits per heavy atom. The number of hydrogen-bond acceptors (Lipinski definition) is 2. The molecule has 0 saturated heterocycles. The summed E-state index contributed by atoms with van der Waals surface area (Å²) in [4.78, 5) is 2.68. The average Bonchev–Trinajstić information content (AvgIpc) is 3.26. The zero-order valence-electron chi connectivity index (χ0n) is 12.9. The molecular weight excluding hydrogens is 244 g/mol. The summed E-state index contributed by atoms with van der Waals surface area (Å²) in [6.45, 7) is 7.07.